The van der Waals surface area contributed by atoms with Gasteiger partial charge in [0.25, 0.3) is 0 Å². The number of unbranched alkanes of at least 4 members (excludes halogenated alkanes) is 37. The highest BCUT2D eigenvalue weighted by Crippen LogP contribution is 2.18. The molecule has 0 fully saturated rings. The Hall–Kier alpha value is -3.01. The first-order chi connectivity index (χ1) is 38.6. The summed E-state index contributed by atoms with van der Waals surface area (Å²) >= 11 is 0. The summed E-state index contributed by atoms with van der Waals surface area (Å²) in [4.78, 5) is 37.4. The fourth-order valence-electron chi connectivity index (χ4n) is 9.64. The summed E-state index contributed by atoms with van der Waals surface area (Å²) in [5, 5.41) is 11.8. The largest absolute Gasteiger partial charge is 0.545 e. The van der Waals surface area contributed by atoms with Crippen LogP contribution in [0, 0.1) is 0 Å². The predicted molar refractivity (Wildman–Crippen MR) is 334 cm³/mol. The number of ether oxygens (including phenoxy) is 4. The van der Waals surface area contributed by atoms with Crippen LogP contribution in [-0.4, -0.2) is 82.3 Å². The summed E-state index contributed by atoms with van der Waals surface area (Å²) in [5.41, 5.74) is 0. The maximum absolute atomic E-state index is 12.9. The number of aliphatic carboxylic acids is 1. The fourth-order valence-corrected chi connectivity index (χ4v) is 9.64. The lowest BCUT2D eigenvalue weighted by atomic mass is 10.0. The summed E-state index contributed by atoms with van der Waals surface area (Å²) in [5.74, 6) is -2.27. The molecule has 2 unspecified atom stereocenters. The topological polar surface area (TPSA) is 111 Å². The normalized spacial score (nSPS) is 13.1. The summed E-state index contributed by atoms with van der Waals surface area (Å²) in [6.45, 7) is 4.67. The molecule has 9 nitrogen and oxygen atoms in total. The molecular formula is C70H127NO8. The number of rotatable bonds is 62. The van der Waals surface area contributed by atoms with E-state index in [2.05, 4.69) is 74.6 Å². The van der Waals surface area contributed by atoms with E-state index in [1.807, 2.05) is 21.1 Å². The smallest absolute Gasteiger partial charge is 0.306 e. The third-order valence-electron chi connectivity index (χ3n) is 14.7. The Morgan fingerprint density at radius 3 is 1.09 bits per heavy atom. The number of carboxylic acid groups (broad SMARTS) is 1. The van der Waals surface area contributed by atoms with Crippen LogP contribution in [0.25, 0.3) is 0 Å². The zero-order chi connectivity index (χ0) is 57.6. The van der Waals surface area contributed by atoms with Crippen LogP contribution in [0.3, 0.4) is 0 Å². The molecule has 0 bridgehead atoms. The summed E-state index contributed by atoms with van der Waals surface area (Å²) in [7, 11) is 5.93. The van der Waals surface area contributed by atoms with Crippen LogP contribution in [-0.2, 0) is 33.3 Å². The molecule has 0 N–H and O–H groups in total. The quantitative estimate of drug-likeness (QED) is 0.0195. The van der Waals surface area contributed by atoms with Gasteiger partial charge in [-0.1, -0.05) is 280 Å². The minimum Gasteiger partial charge on any atom is -0.545 e. The summed E-state index contributed by atoms with van der Waals surface area (Å²) in [6.07, 6.45) is 75.9. The van der Waals surface area contributed by atoms with Crippen molar-refractivity contribution in [2.24, 2.45) is 0 Å². The van der Waals surface area contributed by atoms with Gasteiger partial charge in [-0.25, -0.2) is 0 Å². The Labute approximate surface area is 488 Å². The van der Waals surface area contributed by atoms with E-state index < -0.39 is 24.3 Å². The van der Waals surface area contributed by atoms with E-state index in [0.29, 0.717) is 23.9 Å². The van der Waals surface area contributed by atoms with E-state index in [4.69, 9.17) is 18.9 Å². The molecule has 0 radical (unpaired) electrons. The van der Waals surface area contributed by atoms with E-state index >= 15 is 0 Å². The zero-order valence-corrected chi connectivity index (χ0v) is 52.5. The minimum atomic E-state index is -1.62. The first-order valence-corrected chi connectivity index (χ1v) is 33.4. The van der Waals surface area contributed by atoms with Crippen LogP contribution in [0.5, 0.6) is 0 Å². The minimum absolute atomic E-state index is 0.149. The SMILES string of the molecule is CC/C=C\C/C=C\C/C=C\C/C=C\CCCCCCCCCCCCCCCCCCCCCCCCC(=O)OC(COC(=O)CCCCCCCCCCC/C=C\CCCCCCCC)COC(OCC[N+](C)(C)C)C(=O)[O-]. The molecule has 0 amide bonds. The molecule has 0 aliphatic heterocycles. The second-order valence-electron chi connectivity index (χ2n) is 23.7. The summed E-state index contributed by atoms with van der Waals surface area (Å²) < 4.78 is 22.8. The van der Waals surface area contributed by atoms with Crippen molar-refractivity contribution in [3.05, 3.63) is 60.8 Å². The van der Waals surface area contributed by atoms with Gasteiger partial charge in [0.05, 0.1) is 40.3 Å². The molecule has 0 aliphatic carbocycles. The van der Waals surface area contributed by atoms with Crippen molar-refractivity contribution in [2.45, 2.75) is 322 Å². The van der Waals surface area contributed by atoms with Gasteiger partial charge in [-0.15, -0.1) is 0 Å². The van der Waals surface area contributed by atoms with Gasteiger partial charge in [0.15, 0.2) is 12.4 Å². The number of carboxylic acids is 1. The Kier molecular flexibility index (Phi) is 58.7. The second kappa shape index (κ2) is 61.1. The van der Waals surface area contributed by atoms with E-state index in [1.54, 1.807) is 0 Å². The molecule has 0 heterocycles. The fraction of sp³-hybridized carbons (Fsp3) is 0.814. The molecule has 0 rings (SSSR count). The Bertz CT molecular complexity index is 1480. The lowest BCUT2D eigenvalue weighted by Crippen LogP contribution is -2.44. The Balaban J connectivity index is 4.04. The van der Waals surface area contributed by atoms with Crippen LogP contribution in [0.2, 0.25) is 0 Å². The maximum Gasteiger partial charge on any atom is 0.306 e. The van der Waals surface area contributed by atoms with Gasteiger partial charge in [0.1, 0.15) is 13.2 Å². The molecule has 9 heteroatoms. The molecule has 0 spiro atoms. The van der Waals surface area contributed by atoms with Crippen molar-refractivity contribution in [2.75, 3.05) is 47.5 Å². The number of likely N-dealkylation sites (N-methyl/N-ethyl adjacent to an activating group) is 1. The first kappa shape index (κ1) is 76.0. The predicted octanol–water partition coefficient (Wildman–Crippen LogP) is 19.0. The lowest BCUT2D eigenvalue weighted by molar-refractivity contribution is -0.870. The number of hydrogen-bond donors (Lipinski definition) is 0. The molecule has 79 heavy (non-hydrogen) atoms. The van der Waals surface area contributed by atoms with Crippen LogP contribution in [0.15, 0.2) is 60.8 Å². The molecule has 0 aliphatic rings. The maximum atomic E-state index is 12.9. The van der Waals surface area contributed by atoms with Crippen molar-refractivity contribution in [1.29, 1.82) is 0 Å². The highest BCUT2D eigenvalue weighted by molar-refractivity contribution is 5.70. The molecule has 460 valence electrons. The molecule has 0 saturated heterocycles. The van der Waals surface area contributed by atoms with Crippen LogP contribution in [0.1, 0.15) is 309 Å². The van der Waals surface area contributed by atoms with Crippen molar-refractivity contribution in [3.63, 3.8) is 0 Å². The Morgan fingerprint density at radius 2 is 0.722 bits per heavy atom. The van der Waals surface area contributed by atoms with Crippen molar-refractivity contribution in [3.8, 4) is 0 Å². The van der Waals surface area contributed by atoms with Crippen LogP contribution >= 0.6 is 0 Å². The number of allylic oxidation sites excluding steroid dienone is 10. The Morgan fingerprint density at radius 1 is 0.392 bits per heavy atom. The number of esters is 2. The van der Waals surface area contributed by atoms with Crippen LogP contribution < -0.4 is 5.11 Å². The number of hydrogen-bond acceptors (Lipinski definition) is 8. The zero-order valence-electron chi connectivity index (χ0n) is 52.5. The number of quaternary nitrogens is 1. The number of carbonyl (C=O) groups excluding carboxylic acids is 3. The van der Waals surface area contributed by atoms with Gasteiger partial charge in [-0.3, -0.25) is 9.59 Å². The first-order valence-electron chi connectivity index (χ1n) is 33.4. The van der Waals surface area contributed by atoms with Gasteiger partial charge in [-0.2, -0.15) is 0 Å². The monoisotopic (exact) mass is 1110 g/mol. The van der Waals surface area contributed by atoms with Crippen molar-refractivity contribution >= 4 is 17.9 Å². The molecule has 0 aromatic heterocycles. The average Bonchev–Trinajstić information content (AvgIpc) is 3.42. The van der Waals surface area contributed by atoms with Gasteiger partial charge >= 0.3 is 11.9 Å². The van der Waals surface area contributed by atoms with E-state index in [0.717, 1.165) is 57.8 Å². The third-order valence-corrected chi connectivity index (χ3v) is 14.7. The highest BCUT2D eigenvalue weighted by Gasteiger charge is 2.22. The third kappa shape index (κ3) is 62.4. The standard InChI is InChI=1S/C70H127NO8/c1-6-8-10-12-14-16-18-20-22-24-26-27-28-29-30-31-32-33-34-35-36-37-38-39-40-41-43-45-47-49-51-53-55-57-59-61-68(73)79-66(65-78-70(69(74)75)76-63-62-71(3,4)5)64-77-67(72)60-58-56-54-52-50-48-46-44-42-25-23-21-19-17-15-13-11-9-7-2/h8,10,14,16,20-23,26-27,66,70H,6-7,9,11-13,15,17-19,24-25,28-65H2,1-5H3/b10-8-,16-14-,22-20-,23-21-,27-26-. The molecule has 0 aromatic rings. The number of nitrogens with zero attached hydrogens (tertiary/aromatic N) is 1. The summed E-state index contributed by atoms with van der Waals surface area (Å²) in [6, 6.07) is 0. The lowest BCUT2D eigenvalue weighted by Gasteiger charge is -2.26. The highest BCUT2D eigenvalue weighted by atomic mass is 16.7. The number of carbonyl (C=O) groups is 3. The molecular weight excluding hydrogens is 983 g/mol. The van der Waals surface area contributed by atoms with Crippen LogP contribution in [0.4, 0.5) is 0 Å². The van der Waals surface area contributed by atoms with E-state index in [-0.39, 0.29) is 32.2 Å². The van der Waals surface area contributed by atoms with Gasteiger partial charge in [0.2, 0.25) is 0 Å². The van der Waals surface area contributed by atoms with E-state index in [1.165, 1.54) is 218 Å². The van der Waals surface area contributed by atoms with E-state index in [9.17, 15) is 19.5 Å². The average molecular weight is 1110 g/mol. The molecule has 0 aromatic carbocycles. The van der Waals surface area contributed by atoms with Crippen molar-refractivity contribution in [1.82, 2.24) is 0 Å². The van der Waals surface area contributed by atoms with Crippen molar-refractivity contribution < 1.29 is 42.9 Å². The molecule has 0 saturated carbocycles. The van der Waals surface area contributed by atoms with Gasteiger partial charge in [-0.05, 0) is 77.0 Å². The van der Waals surface area contributed by atoms with Gasteiger partial charge in [0, 0.05) is 12.8 Å². The molecule has 2 atom stereocenters. The van der Waals surface area contributed by atoms with Gasteiger partial charge < -0.3 is 33.3 Å². The second-order valence-corrected chi connectivity index (χ2v) is 23.7.